The summed E-state index contributed by atoms with van der Waals surface area (Å²) in [6, 6.07) is 0.427. The Morgan fingerprint density at radius 2 is 2.07 bits per heavy atom. The predicted octanol–water partition coefficient (Wildman–Crippen LogP) is 0.00280. The maximum Gasteiger partial charge on any atom is 0.239 e. The van der Waals surface area contributed by atoms with Gasteiger partial charge in [0.05, 0.1) is 6.04 Å². The lowest BCUT2D eigenvalue weighted by atomic mass is 10.1. The smallest absolute Gasteiger partial charge is 0.239 e. The van der Waals surface area contributed by atoms with Crippen LogP contribution < -0.4 is 5.32 Å². The molecule has 1 N–H and O–H groups in total. The summed E-state index contributed by atoms with van der Waals surface area (Å²) in [7, 11) is 5.98. The molecule has 0 saturated carbocycles. The molecule has 0 aromatic heterocycles. The number of carbonyl (C=O) groups excluding carboxylic acids is 1. The molecule has 0 aromatic carbocycles. The molecule has 1 amide bonds. The Morgan fingerprint density at radius 3 is 2.47 bits per heavy atom. The maximum absolute atomic E-state index is 11.9. The molecule has 0 bridgehead atoms. The van der Waals surface area contributed by atoms with E-state index >= 15 is 0 Å². The van der Waals surface area contributed by atoms with Gasteiger partial charge in [0, 0.05) is 19.1 Å². The number of carbonyl (C=O) groups is 1. The Bertz CT molecular complexity index is 230. The van der Waals surface area contributed by atoms with E-state index in [0.29, 0.717) is 12.0 Å². The summed E-state index contributed by atoms with van der Waals surface area (Å²) >= 11 is 0. The first-order chi connectivity index (χ1) is 6.97. The van der Waals surface area contributed by atoms with Gasteiger partial charge in [0.25, 0.3) is 0 Å². The number of likely N-dealkylation sites (tertiary alicyclic amines) is 1. The van der Waals surface area contributed by atoms with E-state index in [1.54, 1.807) is 0 Å². The van der Waals surface area contributed by atoms with E-state index in [2.05, 4.69) is 31.2 Å². The van der Waals surface area contributed by atoms with Crippen LogP contribution in [0, 0.1) is 5.92 Å². The Labute approximate surface area is 92.6 Å². The van der Waals surface area contributed by atoms with Crippen LogP contribution in [0.3, 0.4) is 0 Å². The van der Waals surface area contributed by atoms with Crippen molar-refractivity contribution in [3.8, 4) is 0 Å². The van der Waals surface area contributed by atoms with Crippen molar-refractivity contribution in [2.75, 3.05) is 34.2 Å². The highest BCUT2D eigenvalue weighted by Gasteiger charge is 2.34. The molecule has 3 unspecified atom stereocenters. The quantitative estimate of drug-likeness (QED) is 0.717. The first kappa shape index (κ1) is 12.5. The third kappa shape index (κ3) is 2.69. The average molecular weight is 213 g/mol. The minimum Gasteiger partial charge on any atom is -0.339 e. The average Bonchev–Trinajstić information content (AvgIpc) is 2.58. The Kier molecular flexibility index (Phi) is 4.11. The fourth-order valence-corrected chi connectivity index (χ4v) is 2.20. The monoisotopic (exact) mass is 213 g/mol. The van der Waals surface area contributed by atoms with Crippen molar-refractivity contribution < 1.29 is 4.79 Å². The van der Waals surface area contributed by atoms with Crippen molar-refractivity contribution in [2.24, 2.45) is 5.92 Å². The second-order valence-electron chi connectivity index (χ2n) is 4.76. The van der Waals surface area contributed by atoms with Gasteiger partial charge < -0.3 is 15.1 Å². The predicted molar refractivity (Wildman–Crippen MR) is 61.7 cm³/mol. The highest BCUT2D eigenvalue weighted by Crippen LogP contribution is 2.20. The summed E-state index contributed by atoms with van der Waals surface area (Å²) in [5, 5.41) is 3.00. The molecule has 0 spiro atoms. The lowest BCUT2D eigenvalue weighted by Crippen LogP contribution is -2.43. The van der Waals surface area contributed by atoms with Crippen LogP contribution in [0.25, 0.3) is 0 Å². The van der Waals surface area contributed by atoms with Crippen molar-refractivity contribution in [1.29, 1.82) is 0 Å². The summed E-state index contributed by atoms with van der Waals surface area (Å²) in [6.45, 7) is 5.87. The third-order valence-corrected chi connectivity index (χ3v) is 3.35. The molecule has 1 rings (SSSR count). The summed E-state index contributed by atoms with van der Waals surface area (Å²) in [5.41, 5.74) is 0. The molecule has 0 aliphatic carbocycles. The molecule has 1 heterocycles. The molecule has 1 saturated heterocycles. The summed E-state index contributed by atoms with van der Waals surface area (Å²) in [6.07, 6.45) is 0. The molecule has 3 atom stereocenters. The molecular weight excluding hydrogens is 190 g/mol. The highest BCUT2D eigenvalue weighted by molar-refractivity contribution is 5.81. The van der Waals surface area contributed by atoms with Crippen molar-refractivity contribution >= 4 is 5.91 Å². The van der Waals surface area contributed by atoms with Gasteiger partial charge in [0.15, 0.2) is 0 Å². The normalized spacial score (nSPS) is 28.5. The lowest BCUT2D eigenvalue weighted by Gasteiger charge is -2.23. The maximum atomic E-state index is 11.9. The van der Waals surface area contributed by atoms with E-state index < -0.39 is 0 Å². The minimum atomic E-state index is -0.0712. The Morgan fingerprint density at radius 1 is 1.47 bits per heavy atom. The summed E-state index contributed by atoms with van der Waals surface area (Å²) in [4.78, 5) is 16.1. The van der Waals surface area contributed by atoms with Crippen LogP contribution in [0.1, 0.15) is 13.8 Å². The molecule has 15 heavy (non-hydrogen) atoms. The van der Waals surface area contributed by atoms with Gasteiger partial charge in [0.1, 0.15) is 0 Å². The van der Waals surface area contributed by atoms with E-state index in [0.717, 1.165) is 13.1 Å². The Balaban J connectivity index is 2.58. The number of hydrogen-bond donors (Lipinski definition) is 1. The van der Waals surface area contributed by atoms with Crippen LogP contribution in [0.5, 0.6) is 0 Å². The van der Waals surface area contributed by atoms with Gasteiger partial charge in [-0.15, -0.1) is 0 Å². The molecule has 88 valence electrons. The van der Waals surface area contributed by atoms with E-state index in [9.17, 15) is 4.79 Å². The second-order valence-corrected chi connectivity index (χ2v) is 4.76. The van der Waals surface area contributed by atoms with Crippen LogP contribution in [-0.4, -0.2) is 62.0 Å². The van der Waals surface area contributed by atoms with Crippen LogP contribution in [0.2, 0.25) is 0 Å². The highest BCUT2D eigenvalue weighted by atomic mass is 16.2. The molecule has 0 aromatic rings. The lowest BCUT2D eigenvalue weighted by molar-refractivity contribution is -0.132. The molecule has 1 fully saturated rings. The minimum absolute atomic E-state index is 0.0712. The number of amides is 1. The first-order valence-corrected chi connectivity index (χ1v) is 5.59. The molecular formula is C11H23N3O. The molecule has 1 aliphatic heterocycles. The zero-order chi connectivity index (χ0) is 11.6. The van der Waals surface area contributed by atoms with Gasteiger partial charge in [0.2, 0.25) is 5.91 Å². The molecule has 1 aliphatic rings. The van der Waals surface area contributed by atoms with E-state index in [-0.39, 0.29) is 11.9 Å². The number of likely N-dealkylation sites (N-methyl/N-ethyl adjacent to an activating group) is 2. The summed E-state index contributed by atoms with van der Waals surface area (Å²) in [5.74, 6) is 0.779. The standard InChI is InChI=1S/C11H23N3O/c1-8-6-14(7-10(8)13(4)5)11(15)9(2)12-3/h8-10,12H,6-7H2,1-5H3. The van der Waals surface area contributed by atoms with Gasteiger partial charge in [-0.05, 0) is 34.0 Å². The number of nitrogens with one attached hydrogen (secondary N) is 1. The van der Waals surface area contributed by atoms with Crippen LogP contribution >= 0.6 is 0 Å². The van der Waals surface area contributed by atoms with E-state index in [1.807, 2.05) is 18.9 Å². The van der Waals surface area contributed by atoms with E-state index in [1.165, 1.54) is 0 Å². The fraction of sp³-hybridized carbons (Fsp3) is 0.909. The van der Waals surface area contributed by atoms with Crippen molar-refractivity contribution in [2.45, 2.75) is 25.9 Å². The number of nitrogens with zero attached hydrogens (tertiary/aromatic N) is 2. The topological polar surface area (TPSA) is 35.6 Å². The van der Waals surface area contributed by atoms with Gasteiger partial charge in [-0.25, -0.2) is 0 Å². The summed E-state index contributed by atoms with van der Waals surface area (Å²) < 4.78 is 0. The first-order valence-electron chi connectivity index (χ1n) is 5.59. The number of rotatable bonds is 3. The van der Waals surface area contributed by atoms with Crippen molar-refractivity contribution in [1.82, 2.24) is 15.1 Å². The van der Waals surface area contributed by atoms with Gasteiger partial charge in [-0.2, -0.15) is 0 Å². The van der Waals surface area contributed by atoms with E-state index in [4.69, 9.17) is 0 Å². The van der Waals surface area contributed by atoms with Gasteiger partial charge in [-0.1, -0.05) is 6.92 Å². The van der Waals surface area contributed by atoms with Gasteiger partial charge in [-0.3, -0.25) is 4.79 Å². The van der Waals surface area contributed by atoms with Gasteiger partial charge >= 0.3 is 0 Å². The van der Waals surface area contributed by atoms with Crippen LogP contribution in [0.15, 0.2) is 0 Å². The molecule has 0 radical (unpaired) electrons. The Hall–Kier alpha value is -0.610. The SMILES string of the molecule is CNC(C)C(=O)N1CC(C)C(N(C)C)C1. The molecule has 4 nitrogen and oxygen atoms in total. The van der Waals surface area contributed by atoms with Crippen LogP contribution in [-0.2, 0) is 4.79 Å². The molecule has 4 heteroatoms. The number of hydrogen-bond acceptors (Lipinski definition) is 3. The third-order valence-electron chi connectivity index (χ3n) is 3.35. The van der Waals surface area contributed by atoms with Crippen LogP contribution in [0.4, 0.5) is 0 Å². The van der Waals surface area contributed by atoms with Crippen molar-refractivity contribution in [3.63, 3.8) is 0 Å². The second kappa shape index (κ2) is 4.94. The largest absolute Gasteiger partial charge is 0.339 e. The zero-order valence-corrected chi connectivity index (χ0v) is 10.4. The van der Waals surface area contributed by atoms with Crippen molar-refractivity contribution in [3.05, 3.63) is 0 Å². The fourth-order valence-electron chi connectivity index (χ4n) is 2.20. The zero-order valence-electron chi connectivity index (χ0n) is 10.4.